The zero-order chi connectivity index (χ0) is 21.4. The summed E-state index contributed by atoms with van der Waals surface area (Å²) in [7, 11) is 0. The molecule has 2 aromatic rings. The lowest BCUT2D eigenvalue weighted by atomic mass is 10.2. The molecule has 2 bridgehead atoms. The van der Waals surface area contributed by atoms with E-state index in [1.54, 1.807) is 6.20 Å². The zero-order valence-electron chi connectivity index (χ0n) is 18.4. The summed E-state index contributed by atoms with van der Waals surface area (Å²) in [6, 6.07) is 8.02. The van der Waals surface area contributed by atoms with Crippen molar-refractivity contribution in [3.8, 4) is 17.1 Å². The van der Waals surface area contributed by atoms with Gasteiger partial charge in [-0.25, -0.2) is 9.78 Å². The van der Waals surface area contributed by atoms with Gasteiger partial charge in [0.1, 0.15) is 17.2 Å². The monoisotopic (exact) mass is 414 g/mol. The van der Waals surface area contributed by atoms with Crippen LogP contribution in [-0.2, 0) is 11.3 Å². The summed E-state index contributed by atoms with van der Waals surface area (Å²) in [4.78, 5) is 19.1. The maximum absolute atomic E-state index is 12.7. The van der Waals surface area contributed by atoms with Crippen molar-refractivity contribution >= 4 is 6.09 Å². The van der Waals surface area contributed by atoms with E-state index in [0.29, 0.717) is 26.2 Å². The second kappa shape index (κ2) is 10.5. The Morgan fingerprint density at radius 2 is 1.97 bits per heavy atom. The number of aromatic nitrogens is 2. The van der Waals surface area contributed by atoms with E-state index < -0.39 is 5.60 Å². The van der Waals surface area contributed by atoms with Crippen molar-refractivity contribution in [3.63, 3.8) is 0 Å². The van der Waals surface area contributed by atoms with Gasteiger partial charge in [-0.3, -0.25) is 0 Å². The Balaban J connectivity index is 1.78. The van der Waals surface area contributed by atoms with Crippen molar-refractivity contribution in [2.45, 2.75) is 52.2 Å². The van der Waals surface area contributed by atoms with Crippen LogP contribution in [0.5, 0.6) is 5.75 Å². The minimum atomic E-state index is -0.507. The number of fused-ring (bicyclic) bond motifs is 4. The Morgan fingerprint density at radius 3 is 2.80 bits per heavy atom. The largest absolute Gasteiger partial charge is 0.494 e. The van der Waals surface area contributed by atoms with Gasteiger partial charge in [-0.05, 0) is 65.3 Å². The van der Waals surface area contributed by atoms with Gasteiger partial charge in [0.2, 0.25) is 0 Å². The summed E-state index contributed by atoms with van der Waals surface area (Å²) in [6.07, 6.45) is 6.38. The molecule has 1 aliphatic rings. The summed E-state index contributed by atoms with van der Waals surface area (Å²) in [6.45, 7) is 10.1. The molecule has 0 radical (unpaired) electrons. The molecule has 164 valence electrons. The number of nitrogens with one attached hydrogen (secondary N) is 1. The normalized spacial score (nSPS) is 16.8. The van der Waals surface area contributed by atoms with Crippen LogP contribution in [0.2, 0.25) is 0 Å². The summed E-state index contributed by atoms with van der Waals surface area (Å²) in [5.41, 5.74) is 0.496. The van der Waals surface area contributed by atoms with Gasteiger partial charge in [0.25, 0.3) is 0 Å². The molecule has 0 atom stereocenters. The van der Waals surface area contributed by atoms with E-state index in [-0.39, 0.29) is 6.09 Å². The fourth-order valence-corrected chi connectivity index (χ4v) is 3.39. The van der Waals surface area contributed by atoms with Crippen LogP contribution in [0.4, 0.5) is 4.79 Å². The topological polar surface area (TPSA) is 68.6 Å². The molecule has 0 saturated heterocycles. The first-order valence-electron chi connectivity index (χ1n) is 10.9. The minimum Gasteiger partial charge on any atom is -0.494 e. The molecule has 1 aliphatic heterocycles. The predicted octanol–water partition coefficient (Wildman–Crippen LogP) is 3.94. The van der Waals surface area contributed by atoms with Crippen LogP contribution in [0.25, 0.3) is 11.4 Å². The molecule has 0 unspecified atom stereocenters. The molecular formula is C23H34N4O3. The van der Waals surface area contributed by atoms with Crippen molar-refractivity contribution in [1.82, 2.24) is 19.8 Å². The van der Waals surface area contributed by atoms with Crippen molar-refractivity contribution in [2.24, 2.45) is 0 Å². The van der Waals surface area contributed by atoms with E-state index in [1.165, 1.54) is 0 Å². The lowest BCUT2D eigenvalue weighted by Gasteiger charge is -2.27. The number of amides is 1. The fourth-order valence-electron chi connectivity index (χ4n) is 3.39. The van der Waals surface area contributed by atoms with Gasteiger partial charge in [-0.15, -0.1) is 0 Å². The van der Waals surface area contributed by atoms with Crippen molar-refractivity contribution in [2.75, 3.05) is 32.8 Å². The number of nitrogens with zero attached hydrogens (tertiary/aromatic N) is 3. The van der Waals surface area contributed by atoms with E-state index in [2.05, 4.69) is 14.9 Å². The third-order valence-electron chi connectivity index (χ3n) is 4.87. The van der Waals surface area contributed by atoms with E-state index in [1.807, 2.05) is 56.1 Å². The number of ether oxygens (including phenoxy) is 2. The summed E-state index contributed by atoms with van der Waals surface area (Å²) in [5.74, 6) is 1.72. The highest BCUT2D eigenvalue weighted by molar-refractivity contribution is 5.68. The Kier molecular flexibility index (Phi) is 7.74. The molecule has 30 heavy (non-hydrogen) atoms. The number of imidazole rings is 1. The van der Waals surface area contributed by atoms with Crippen LogP contribution < -0.4 is 10.1 Å². The number of hydrogen-bond donors (Lipinski definition) is 1. The van der Waals surface area contributed by atoms with Crippen LogP contribution in [0, 0.1) is 0 Å². The average molecular weight is 415 g/mol. The predicted molar refractivity (Wildman–Crippen MR) is 118 cm³/mol. The molecule has 1 N–H and O–H groups in total. The smallest absolute Gasteiger partial charge is 0.410 e. The van der Waals surface area contributed by atoms with Crippen LogP contribution in [0.1, 0.15) is 40.0 Å². The van der Waals surface area contributed by atoms with Crippen LogP contribution in [0.15, 0.2) is 36.7 Å². The van der Waals surface area contributed by atoms with E-state index in [4.69, 9.17) is 9.47 Å². The summed E-state index contributed by atoms with van der Waals surface area (Å²) >= 11 is 0. The standard InChI is InChI=1S/C23H34N4O3/c1-23(2,3)30-22(28)27-13-5-4-10-24-11-7-17-29-20-9-6-8-19(18-20)21-25-12-14-26(21)15-16-27/h6,8-9,12,14,18,24H,4-5,7,10-11,13,15-17H2,1-3H3. The fraction of sp³-hybridized carbons (Fsp3) is 0.565. The molecule has 7 nitrogen and oxygen atoms in total. The Morgan fingerprint density at radius 1 is 1.13 bits per heavy atom. The molecule has 1 aromatic carbocycles. The van der Waals surface area contributed by atoms with Crippen LogP contribution in [-0.4, -0.2) is 58.9 Å². The Hall–Kier alpha value is -2.54. The van der Waals surface area contributed by atoms with Gasteiger partial charge in [-0.2, -0.15) is 0 Å². The van der Waals surface area contributed by atoms with E-state index in [9.17, 15) is 4.79 Å². The number of rotatable bonds is 0. The quantitative estimate of drug-likeness (QED) is 0.707. The molecule has 1 amide bonds. The molecular weight excluding hydrogens is 380 g/mol. The van der Waals surface area contributed by atoms with E-state index >= 15 is 0 Å². The van der Waals surface area contributed by atoms with Crippen molar-refractivity contribution in [1.29, 1.82) is 0 Å². The molecule has 0 saturated carbocycles. The second-order valence-corrected chi connectivity index (χ2v) is 8.60. The molecule has 7 heteroatoms. The maximum atomic E-state index is 12.7. The maximum Gasteiger partial charge on any atom is 0.410 e. The van der Waals surface area contributed by atoms with Gasteiger partial charge in [0, 0.05) is 37.6 Å². The summed E-state index contributed by atoms with van der Waals surface area (Å²) in [5, 5.41) is 3.45. The van der Waals surface area contributed by atoms with Crippen molar-refractivity contribution < 1.29 is 14.3 Å². The van der Waals surface area contributed by atoms with Gasteiger partial charge in [0.05, 0.1) is 6.61 Å². The number of benzene rings is 1. The highest BCUT2D eigenvalue weighted by Crippen LogP contribution is 2.23. The average Bonchev–Trinajstić information content (AvgIpc) is 3.15. The number of carbonyl (C=O) groups is 1. The first kappa shape index (κ1) is 22.2. The zero-order valence-corrected chi connectivity index (χ0v) is 18.4. The van der Waals surface area contributed by atoms with Crippen LogP contribution in [0.3, 0.4) is 0 Å². The van der Waals surface area contributed by atoms with Gasteiger partial charge in [-0.1, -0.05) is 12.1 Å². The SMILES string of the molecule is CC(C)(C)OC(=O)N1CCCCNCCCOc2cccc(c2)-c2nccn2CC1. The first-order valence-corrected chi connectivity index (χ1v) is 10.9. The van der Waals surface area contributed by atoms with Gasteiger partial charge >= 0.3 is 6.09 Å². The summed E-state index contributed by atoms with van der Waals surface area (Å²) < 4.78 is 13.6. The first-order chi connectivity index (χ1) is 14.4. The molecule has 0 spiro atoms. The highest BCUT2D eigenvalue weighted by atomic mass is 16.6. The third kappa shape index (κ3) is 6.76. The Bertz CT molecular complexity index is 813. The van der Waals surface area contributed by atoms with Crippen LogP contribution >= 0.6 is 0 Å². The van der Waals surface area contributed by atoms with Crippen molar-refractivity contribution in [3.05, 3.63) is 36.7 Å². The molecule has 2 heterocycles. The molecule has 0 fully saturated rings. The highest BCUT2D eigenvalue weighted by Gasteiger charge is 2.22. The van der Waals surface area contributed by atoms with E-state index in [0.717, 1.165) is 49.5 Å². The number of hydrogen-bond acceptors (Lipinski definition) is 5. The second-order valence-electron chi connectivity index (χ2n) is 8.60. The molecule has 3 rings (SSSR count). The van der Waals surface area contributed by atoms with Gasteiger partial charge in [0.15, 0.2) is 0 Å². The Labute approximate surface area is 179 Å². The minimum absolute atomic E-state index is 0.259. The lowest BCUT2D eigenvalue weighted by Crippen LogP contribution is -2.39. The third-order valence-corrected chi connectivity index (χ3v) is 4.87. The number of carbonyl (C=O) groups excluding carboxylic acids is 1. The lowest BCUT2D eigenvalue weighted by molar-refractivity contribution is 0.0241. The molecule has 1 aromatic heterocycles. The van der Waals surface area contributed by atoms with Gasteiger partial charge < -0.3 is 24.3 Å². The molecule has 0 aliphatic carbocycles.